The van der Waals surface area contributed by atoms with Gasteiger partial charge in [-0.25, -0.2) is 4.39 Å². The van der Waals surface area contributed by atoms with Gasteiger partial charge in [-0.05, 0) is 31.4 Å². The van der Waals surface area contributed by atoms with Crippen LogP contribution in [0.4, 0.5) is 4.39 Å². The first-order chi connectivity index (χ1) is 8.61. The highest BCUT2D eigenvalue weighted by Crippen LogP contribution is 2.30. The molecule has 0 aliphatic heterocycles. The Balaban J connectivity index is 2.14. The van der Waals surface area contributed by atoms with Gasteiger partial charge < -0.3 is 5.73 Å². The van der Waals surface area contributed by atoms with E-state index in [1.165, 1.54) is 25.3 Å². The number of halogens is 2. The zero-order valence-electron chi connectivity index (χ0n) is 10.7. The lowest BCUT2D eigenvalue weighted by Gasteiger charge is -2.32. The number of hydrogen-bond acceptors (Lipinski definition) is 1. The highest BCUT2D eigenvalue weighted by molar-refractivity contribution is 6.31. The van der Waals surface area contributed by atoms with Crippen LogP contribution < -0.4 is 5.73 Å². The molecule has 2 rings (SSSR count). The normalized spacial score (nSPS) is 20.2. The fourth-order valence-corrected chi connectivity index (χ4v) is 3.07. The van der Waals surface area contributed by atoms with E-state index in [0.717, 1.165) is 25.7 Å². The van der Waals surface area contributed by atoms with Crippen LogP contribution in [0.25, 0.3) is 0 Å². The molecule has 1 aliphatic rings. The third-order valence-corrected chi connectivity index (χ3v) is 4.29. The van der Waals surface area contributed by atoms with Crippen LogP contribution in [-0.2, 0) is 6.42 Å². The van der Waals surface area contributed by atoms with Crippen molar-refractivity contribution in [1.29, 1.82) is 0 Å². The van der Waals surface area contributed by atoms with Gasteiger partial charge in [-0.1, -0.05) is 49.8 Å². The minimum Gasteiger partial charge on any atom is -0.325 e. The Morgan fingerprint density at radius 1 is 1.11 bits per heavy atom. The summed E-state index contributed by atoms with van der Waals surface area (Å²) in [5.41, 5.74) is 6.77. The minimum atomic E-state index is -0.285. The molecule has 1 aromatic carbocycles. The van der Waals surface area contributed by atoms with Crippen molar-refractivity contribution in [2.45, 2.75) is 56.9 Å². The van der Waals surface area contributed by atoms with E-state index in [9.17, 15) is 4.39 Å². The standard InChI is InChI=1S/C15H21ClFN/c16-13-7-6-8-14(17)12(13)11-15(18)9-4-2-1-3-5-10-15/h6-8H,1-5,9-11,18H2. The van der Waals surface area contributed by atoms with E-state index in [4.69, 9.17) is 17.3 Å². The molecule has 0 atom stereocenters. The van der Waals surface area contributed by atoms with Gasteiger partial charge in [0.15, 0.2) is 0 Å². The van der Waals surface area contributed by atoms with E-state index < -0.39 is 0 Å². The first kappa shape index (κ1) is 13.8. The number of hydrogen-bond donors (Lipinski definition) is 1. The van der Waals surface area contributed by atoms with Gasteiger partial charge in [-0.15, -0.1) is 0 Å². The fourth-order valence-electron chi connectivity index (χ4n) is 2.84. The van der Waals surface area contributed by atoms with Gasteiger partial charge in [0.25, 0.3) is 0 Å². The molecule has 1 saturated carbocycles. The summed E-state index contributed by atoms with van der Waals surface area (Å²) in [5, 5.41) is 0.502. The van der Waals surface area contributed by atoms with Gasteiger partial charge in [-0.2, -0.15) is 0 Å². The molecule has 0 aromatic heterocycles. The molecule has 0 heterocycles. The average molecular weight is 270 g/mol. The summed E-state index contributed by atoms with van der Waals surface area (Å²) in [6.07, 6.45) is 8.56. The highest BCUT2D eigenvalue weighted by Gasteiger charge is 2.27. The van der Waals surface area contributed by atoms with Crippen LogP contribution in [0.1, 0.15) is 50.5 Å². The van der Waals surface area contributed by atoms with Crippen LogP contribution in [-0.4, -0.2) is 5.54 Å². The van der Waals surface area contributed by atoms with E-state index in [2.05, 4.69) is 0 Å². The van der Waals surface area contributed by atoms with Gasteiger partial charge >= 0.3 is 0 Å². The van der Waals surface area contributed by atoms with Crippen molar-refractivity contribution in [2.75, 3.05) is 0 Å². The average Bonchev–Trinajstić information content (AvgIpc) is 2.30. The summed E-state index contributed by atoms with van der Waals surface area (Å²) in [6, 6.07) is 4.85. The van der Waals surface area contributed by atoms with Crippen molar-refractivity contribution in [1.82, 2.24) is 0 Å². The molecule has 3 heteroatoms. The van der Waals surface area contributed by atoms with Crippen LogP contribution >= 0.6 is 11.6 Å². The summed E-state index contributed by atoms with van der Waals surface area (Å²) in [6.45, 7) is 0. The quantitative estimate of drug-likeness (QED) is 0.843. The number of benzene rings is 1. The fraction of sp³-hybridized carbons (Fsp3) is 0.600. The summed E-state index contributed by atoms with van der Waals surface area (Å²) >= 11 is 6.09. The largest absolute Gasteiger partial charge is 0.325 e. The third kappa shape index (κ3) is 3.46. The van der Waals surface area contributed by atoms with Gasteiger partial charge in [0.1, 0.15) is 5.82 Å². The first-order valence-electron chi connectivity index (χ1n) is 6.82. The maximum absolute atomic E-state index is 13.8. The SMILES string of the molecule is NC1(Cc2c(F)cccc2Cl)CCCCCCC1. The van der Waals surface area contributed by atoms with Crippen LogP contribution in [0.3, 0.4) is 0 Å². The molecule has 0 unspecified atom stereocenters. The summed E-state index contributed by atoms with van der Waals surface area (Å²) in [5.74, 6) is -0.227. The Morgan fingerprint density at radius 3 is 2.33 bits per heavy atom. The van der Waals surface area contributed by atoms with Crippen LogP contribution in [0.15, 0.2) is 18.2 Å². The maximum atomic E-state index is 13.8. The molecule has 2 N–H and O–H groups in total. The van der Waals surface area contributed by atoms with Crippen molar-refractivity contribution < 1.29 is 4.39 Å². The molecule has 0 radical (unpaired) electrons. The second-order valence-corrected chi connectivity index (χ2v) is 5.91. The molecule has 1 aromatic rings. The second kappa shape index (κ2) is 6.03. The Labute approximate surface area is 114 Å². The molecule has 100 valence electrons. The van der Waals surface area contributed by atoms with Crippen molar-refractivity contribution >= 4 is 11.6 Å². The van der Waals surface area contributed by atoms with E-state index in [-0.39, 0.29) is 11.4 Å². The van der Waals surface area contributed by atoms with Crippen molar-refractivity contribution in [3.8, 4) is 0 Å². The first-order valence-corrected chi connectivity index (χ1v) is 7.20. The lowest BCUT2D eigenvalue weighted by Crippen LogP contribution is -2.42. The van der Waals surface area contributed by atoms with E-state index in [1.54, 1.807) is 12.1 Å². The predicted octanol–water partition coefficient (Wildman–Crippen LogP) is 4.46. The molecule has 0 spiro atoms. The zero-order valence-corrected chi connectivity index (χ0v) is 11.5. The Hall–Kier alpha value is -0.600. The molecule has 1 aliphatic carbocycles. The smallest absolute Gasteiger partial charge is 0.127 e. The highest BCUT2D eigenvalue weighted by atomic mass is 35.5. The van der Waals surface area contributed by atoms with Gasteiger partial charge in [0.2, 0.25) is 0 Å². The summed E-state index contributed by atoms with van der Waals surface area (Å²) in [7, 11) is 0. The maximum Gasteiger partial charge on any atom is 0.127 e. The van der Waals surface area contributed by atoms with Crippen LogP contribution in [0.5, 0.6) is 0 Å². The van der Waals surface area contributed by atoms with Crippen molar-refractivity contribution in [3.63, 3.8) is 0 Å². The molecule has 0 amide bonds. The number of nitrogens with two attached hydrogens (primary N) is 1. The van der Waals surface area contributed by atoms with Crippen molar-refractivity contribution in [3.05, 3.63) is 34.6 Å². The van der Waals surface area contributed by atoms with E-state index in [0.29, 0.717) is 17.0 Å². The molecule has 18 heavy (non-hydrogen) atoms. The van der Waals surface area contributed by atoms with Crippen LogP contribution in [0.2, 0.25) is 5.02 Å². The second-order valence-electron chi connectivity index (χ2n) is 5.51. The molecule has 0 saturated heterocycles. The summed E-state index contributed by atoms with van der Waals surface area (Å²) < 4.78 is 13.8. The van der Waals surface area contributed by atoms with Crippen molar-refractivity contribution in [2.24, 2.45) is 5.73 Å². The Kier molecular flexibility index (Phi) is 4.63. The summed E-state index contributed by atoms with van der Waals surface area (Å²) in [4.78, 5) is 0. The van der Waals surface area contributed by atoms with Gasteiger partial charge in [0, 0.05) is 16.1 Å². The topological polar surface area (TPSA) is 26.0 Å². The Bertz CT molecular complexity index is 377. The molecular formula is C15H21ClFN. The molecule has 0 bridgehead atoms. The monoisotopic (exact) mass is 269 g/mol. The number of rotatable bonds is 2. The van der Waals surface area contributed by atoms with Gasteiger partial charge in [0.05, 0.1) is 0 Å². The minimum absolute atomic E-state index is 0.227. The zero-order chi connectivity index (χ0) is 13.0. The van der Waals surface area contributed by atoms with Gasteiger partial charge in [-0.3, -0.25) is 0 Å². The van der Waals surface area contributed by atoms with Crippen LogP contribution in [0, 0.1) is 5.82 Å². The molecular weight excluding hydrogens is 249 g/mol. The lowest BCUT2D eigenvalue weighted by atomic mass is 9.80. The molecule has 1 fully saturated rings. The third-order valence-electron chi connectivity index (χ3n) is 3.94. The van der Waals surface area contributed by atoms with E-state index in [1.807, 2.05) is 0 Å². The predicted molar refractivity (Wildman–Crippen MR) is 74.4 cm³/mol. The Morgan fingerprint density at radius 2 is 1.72 bits per heavy atom. The molecule has 1 nitrogen and oxygen atoms in total. The lowest BCUT2D eigenvalue weighted by molar-refractivity contribution is 0.311. The van der Waals surface area contributed by atoms with E-state index >= 15 is 0 Å².